The van der Waals surface area contributed by atoms with Crippen LogP contribution < -0.4 is 5.32 Å². The van der Waals surface area contributed by atoms with Gasteiger partial charge in [-0.1, -0.05) is 25.6 Å². The molecule has 0 amide bonds. The Labute approximate surface area is 110 Å². The molecule has 0 aliphatic carbocycles. The number of hydrogen-bond acceptors (Lipinski definition) is 3. The molecule has 0 saturated carbocycles. The first-order valence-electron chi connectivity index (χ1n) is 6.53. The van der Waals surface area contributed by atoms with Crippen molar-refractivity contribution in [3.05, 3.63) is 0 Å². The van der Waals surface area contributed by atoms with Crippen LogP contribution in [0.4, 0.5) is 0 Å². The first kappa shape index (κ1) is 14.8. The van der Waals surface area contributed by atoms with Crippen molar-refractivity contribution >= 4 is 16.9 Å². The van der Waals surface area contributed by atoms with Crippen molar-refractivity contribution in [3.8, 4) is 0 Å². The van der Waals surface area contributed by atoms with Gasteiger partial charge in [0.1, 0.15) is 0 Å². The van der Waals surface area contributed by atoms with Crippen LogP contribution in [0.15, 0.2) is 4.99 Å². The molecule has 0 atom stereocenters. The standard InChI is InChI=1S/C13H26N2OS/c1-11(2)5-8-16-9-7-14-12-15-13(3,4)6-10-17-12/h11H,5-10H2,1-4H3,(H,14,15). The van der Waals surface area contributed by atoms with E-state index >= 15 is 0 Å². The van der Waals surface area contributed by atoms with Crippen LogP contribution in [-0.2, 0) is 4.74 Å². The van der Waals surface area contributed by atoms with Gasteiger partial charge in [0.05, 0.1) is 13.2 Å². The molecule has 0 aromatic carbocycles. The molecule has 1 heterocycles. The van der Waals surface area contributed by atoms with E-state index in [1.54, 1.807) is 0 Å². The maximum absolute atomic E-state index is 5.54. The van der Waals surface area contributed by atoms with Gasteiger partial charge >= 0.3 is 0 Å². The molecule has 0 aromatic heterocycles. The Kier molecular flexibility index (Phi) is 6.34. The van der Waals surface area contributed by atoms with E-state index in [4.69, 9.17) is 4.74 Å². The molecule has 17 heavy (non-hydrogen) atoms. The summed E-state index contributed by atoms with van der Waals surface area (Å²) >= 11 is 1.82. The van der Waals surface area contributed by atoms with Crippen LogP contribution in [0.25, 0.3) is 0 Å². The van der Waals surface area contributed by atoms with Crippen LogP contribution in [0.2, 0.25) is 0 Å². The Morgan fingerprint density at radius 2 is 2.18 bits per heavy atom. The summed E-state index contributed by atoms with van der Waals surface area (Å²) < 4.78 is 5.54. The van der Waals surface area contributed by atoms with Gasteiger partial charge in [-0.25, -0.2) is 0 Å². The van der Waals surface area contributed by atoms with Crippen molar-refractivity contribution in [1.29, 1.82) is 0 Å². The molecule has 1 fully saturated rings. The van der Waals surface area contributed by atoms with Crippen molar-refractivity contribution in [3.63, 3.8) is 0 Å². The van der Waals surface area contributed by atoms with Gasteiger partial charge in [0.25, 0.3) is 0 Å². The summed E-state index contributed by atoms with van der Waals surface area (Å²) in [6.07, 6.45) is 2.33. The van der Waals surface area contributed by atoms with Gasteiger partial charge in [0, 0.05) is 17.9 Å². The minimum atomic E-state index is 0.197. The highest BCUT2D eigenvalue weighted by atomic mass is 32.2. The van der Waals surface area contributed by atoms with Crippen LogP contribution >= 0.6 is 11.8 Å². The lowest BCUT2D eigenvalue weighted by Crippen LogP contribution is -2.46. The number of nitrogens with zero attached hydrogens (tertiary/aromatic N) is 1. The van der Waals surface area contributed by atoms with Crippen LogP contribution in [-0.4, -0.2) is 36.2 Å². The molecule has 4 heteroatoms. The van der Waals surface area contributed by atoms with Crippen LogP contribution in [0.1, 0.15) is 40.5 Å². The lowest BCUT2D eigenvalue weighted by Gasteiger charge is -2.32. The number of thioether (sulfide) groups is 1. The molecule has 1 N–H and O–H groups in total. The molecular weight excluding hydrogens is 232 g/mol. The lowest BCUT2D eigenvalue weighted by atomic mass is 10.0. The predicted octanol–water partition coefficient (Wildman–Crippen LogP) is 2.91. The fourth-order valence-corrected chi connectivity index (χ4v) is 2.85. The predicted molar refractivity (Wildman–Crippen MR) is 76.9 cm³/mol. The molecule has 1 rings (SSSR count). The van der Waals surface area contributed by atoms with E-state index in [9.17, 15) is 0 Å². The number of rotatable bonds is 6. The monoisotopic (exact) mass is 258 g/mol. The second-order valence-corrected chi connectivity index (χ2v) is 6.67. The zero-order valence-corrected chi connectivity index (χ0v) is 12.4. The van der Waals surface area contributed by atoms with E-state index in [0.717, 1.165) is 43.0 Å². The smallest absolute Gasteiger partial charge is 0.157 e. The van der Waals surface area contributed by atoms with E-state index < -0.39 is 0 Å². The maximum atomic E-state index is 5.54. The molecule has 100 valence electrons. The van der Waals surface area contributed by atoms with Crippen molar-refractivity contribution < 1.29 is 4.74 Å². The Bertz CT molecular complexity index is 252. The van der Waals surface area contributed by atoms with Crippen molar-refractivity contribution in [1.82, 2.24) is 5.32 Å². The van der Waals surface area contributed by atoms with E-state index in [2.05, 4.69) is 38.0 Å². The Balaban J connectivity index is 2.12. The molecular formula is C13H26N2OS. The maximum Gasteiger partial charge on any atom is 0.157 e. The molecule has 1 saturated heterocycles. The summed E-state index contributed by atoms with van der Waals surface area (Å²) in [5.74, 6) is 1.88. The first-order valence-corrected chi connectivity index (χ1v) is 7.51. The summed E-state index contributed by atoms with van der Waals surface area (Å²) in [4.78, 5) is 4.54. The van der Waals surface area contributed by atoms with E-state index in [1.165, 1.54) is 6.42 Å². The SMILES string of the molecule is CC(C)CCOCCN=C1NC(C)(C)CCS1. The third kappa shape index (κ3) is 6.94. The fourth-order valence-electron chi connectivity index (χ4n) is 1.51. The zero-order chi connectivity index (χ0) is 12.7. The van der Waals surface area contributed by atoms with E-state index in [0.29, 0.717) is 0 Å². The topological polar surface area (TPSA) is 33.6 Å². The molecule has 3 nitrogen and oxygen atoms in total. The van der Waals surface area contributed by atoms with Crippen molar-refractivity contribution in [2.45, 2.75) is 46.1 Å². The normalized spacial score (nSPS) is 21.8. The number of amidine groups is 1. The molecule has 0 unspecified atom stereocenters. The molecule has 0 radical (unpaired) electrons. The third-order valence-electron chi connectivity index (χ3n) is 2.74. The van der Waals surface area contributed by atoms with Gasteiger partial charge in [-0.2, -0.15) is 0 Å². The minimum absolute atomic E-state index is 0.197. The summed E-state index contributed by atoms with van der Waals surface area (Å²) in [6.45, 7) is 11.2. The Morgan fingerprint density at radius 3 is 2.82 bits per heavy atom. The van der Waals surface area contributed by atoms with E-state index in [1.807, 2.05) is 11.8 Å². The number of ether oxygens (including phenoxy) is 1. The highest BCUT2D eigenvalue weighted by Crippen LogP contribution is 2.21. The molecule has 0 bridgehead atoms. The minimum Gasteiger partial charge on any atom is -0.380 e. The largest absolute Gasteiger partial charge is 0.380 e. The van der Waals surface area contributed by atoms with Crippen LogP contribution in [0.5, 0.6) is 0 Å². The summed E-state index contributed by atoms with van der Waals surface area (Å²) in [5.41, 5.74) is 0.197. The third-order valence-corrected chi connectivity index (χ3v) is 3.65. The average Bonchev–Trinajstić information content (AvgIpc) is 2.21. The number of nitrogens with one attached hydrogen (secondary N) is 1. The second kappa shape index (κ2) is 7.27. The molecule has 0 aromatic rings. The summed E-state index contributed by atoms with van der Waals surface area (Å²) in [6, 6.07) is 0. The quantitative estimate of drug-likeness (QED) is 0.744. The molecule has 0 spiro atoms. The second-order valence-electron chi connectivity index (χ2n) is 5.59. The molecule has 1 aliphatic rings. The van der Waals surface area contributed by atoms with Gasteiger partial charge in [0.15, 0.2) is 5.17 Å². The average molecular weight is 258 g/mol. The zero-order valence-electron chi connectivity index (χ0n) is 11.6. The fraction of sp³-hybridized carbons (Fsp3) is 0.923. The van der Waals surface area contributed by atoms with Crippen molar-refractivity contribution in [2.75, 3.05) is 25.5 Å². The summed E-state index contributed by atoms with van der Waals surface area (Å²) in [5, 5.41) is 4.54. The van der Waals surface area contributed by atoms with Gasteiger partial charge in [-0.05, 0) is 32.6 Å². The lowest BCUT2D eigenvalue weighted by molar-refractivity contribution is 0.131. The van der Waals surface area contributed by atoms with Gasteiger partial charge in [0.2, 0.25) is 0 Å². The number of aliphatic imine (C=N–C) groups is 1. The summed E-state index contributed by atoms with van der Waals surface area (Å²) in [7, 11) is 0. The highest BCUT2D eigenvalue weighted by Gasteiger charge is 2.23. The van der Waals surface area contributed by atoms with Crippen LogP contribution in [0, 0.1) is 5.92 Å². The van der Waals surface area contributed by atoms with Gasteiger partial charge < -0.3 is 10.1 Å². The van der Waals surface area contributed by atoms with Gasteiger partial charge in [-0.3, -0.25) is 4.99 Å². The Morgan fingerprint density at radius 1 is 1.41 bits per heavy atom. The Hall–Kier alpha value is -0.220. The van der Waals surface area contributed by atoms with Crippen molar-refractivity contribution in [2.24, 2.45) is 10.9 Å². The van der Waals surface area contributed by atoms with Crippen LogP contribution in [0.3, 0.4) is 0 Å². The first-order chi connectivity index (χ1) is 7.99. The van der Waals surface area contributed by atoms with E-state index in [-0.39, 0.29) is 5.54 Å². The molecule has 1 aliphatic heterocycles. The number of hydrogen-bond donors (Lipinski definition) is 1. The van der Waals surface area contributed by atoms with Gasteiger partial charge in [-0.15, -0.1) is 0 Å². The highest BCUT2D eigenvalue weighted by molar-refractivity contribution is 8.13.